The molecule has 0 aliphatic heterocycles. The topological polar surface area (TPSA) is 49.5 Å². The number of nitrogens with two attached hydrogens (primary N) is 1. The van der Waals surface area contributed by atoms with Gasteiger partial charge in [0.2, 0.25) is 0 Å². The SMILES string of the molecule is CN(C)c1ccccc1C(C)(N)CO. The van der Waals surface area contributed by atoms with Crippen LogP contribution in [0.2, 0.25) is 0 Å². The zero-order valence-corrected chi connectivity index (χ0v) is 8.99. The summed E-state index contributed by atoms with van der Waals surface area (Å²) in [5.74, 6) is 0. The summed E-state index contributed by atoms with van der Waals surface area (Å²) >= 11 is 0. The quantitative estimate of drug-likeness (QED) is 0.752. The Kier molecular flexibility index (Phi) is 3.13. The molecule has 0 saturated carbocycles. The van der Waals surface area contributed by atoms with Crippen LogP contribution in [-0.4, -0.2) is 25.8 Å². The molecule has 1 atom stereocenters. The molecule has 0 aliphatic rings. The van der Waals surface area contributed by atoms with Gasteiger partial charge in [0, 0.05) is 19.8 Å². The third-order valence-corrected chi connectivity index (χ3v) is 2.33. The summed E-state index contributed by atoms with van der Waals surface area (Å²) in [5.41, 5.74) is 7.33. The molecule has 3 nitrogen and oxygen atoms in total. The lowest BCUT2D eigenvalue weighted by Gasteiger charge is -2.28. The van der Waals surface area contributed by atoms with Gasteiger partial charge < -0.3 is 15.7 Å². The van der Waals surface area contributed by atoms with Crippen molar-refractivity contribution in [3.05, 3.63) is 29.8 Å². The van der Waals surface area contributed by atoms with Gasteiger partial charge in [0.15, 0.2) is 0 Å². The maximum Gasteiger partial charge on any atom is 0.0651 e. The fraction of sp³-hybridized carbons (Fsp3) is 0.455. The van der Waals surface area contributed by atoms with Crippen molar-refractivity contribution < 1.29 is 5.11 Å². The van der Waals surface area contributed by atoms with Gasteiger partial charge in [-0.15, -0.1) is 0 Å². The molecule has 0 aliphatic carbocycles. The first-order valence-electron chi connectivity index (χ1n) is 4.65. The van der Waals surface area contributed by atoms with Crippen LogP contribution >= 0.6 is 0 Å². The highest BCUT2D eigenvalue weighted by Gasteiger charge is 2.23. The monoisotopic (exact) mass is 194 g/mol. The van der Waals surface area contributed by atoms with Crippen molar-refractivity contribution in [2.24, 2.45) is 5.73 Å². The number of hydrogen-bond acceptors (Lipinski definition) is 3. The maximum absolute atomic E-state index is 9.21. The predicted molar refractivity (Wildman–Crippen MR) is 59.4 cm³/mol. The van der Waals surface area contributed by atoms with Crippen LogP contribution in [0, 0.1) is 0 Å². The Balaban J connectivity index is 3.20. The van der Waals surface area contributed by atoms with E-state index in [-0.39, 0.29) is 6.61 Å². The molecule has 14 heavy (non-hydrogen) atoms. The van der Waals surface area contributed by atoms with Gasteiger partial charge in [0.25, 0.3) is 0 Å². The molecule has 1 aromatic carbocycles. The van der Waals surface area contributed by atoms with E-state index in [4.69, 9.17) is 5.73 Å². The predicted octanol–water partition coefficient (Wildman–Crippen LogP) is 0.919. The Hall–Kier alpha value is -1.06. The van der Waals surface area contributed by atoms with Crippen molar-refractivity contribution in [2.45, 2.75) is 12.5 Å². The van der Waals surface area contributed by atoms with Crippen LogP contribution in [0.1, 0.15) is 12.5 Å². The Bertz CT molecular complexity index is 308. The summed E-state index contributed by atoms with van der Waals surface area (Å²) in [6, 6.07) is 7.84. The van der Waals surface area contributed by atoms with Gasteiger partial charge in [0.05, 0.1) is 12.1 Å². The highest BCUT2D eigenvalue weighted by atomic mass is 16.3. The minimum Gasteiger partial charge on any atom is -0.394 e. The molecule has 0 spiro atoms. The van der Waals surface area contributed by atoms with Crippen LogP contribution in [0.3, 0.4) is 0 Å². The van der Waals surface area contributed by atoms with Crippen LogP contribution in [0.15, 0.2) is 24.3 Å². The molecule has 3 N–H and O–H groups in total. The summed E-state index contributed by atoms with van der Waals surface area (Å²) in [6.07, 6.45) is 0. The number of hydrogen-bond donors (Lipinski definition) is 2. The fourth-order valence-electron chi connectivity index (χ4n) is 1.43. The van der Waals surface area contributed by atoms with Gasteiger partial charge in [-0.3, -0.25) is 0 Å². The Morgan fingerprint density at radius 2 is 1.93 bits per heavy atom. The number of para-hydroxylation sites is 1. The van der Waals surface area contributed by atoms with E-state index in [1.54, 1.807) is 0 Å². The molecule has 0 saturated heterocycles. The minimum absolute atomic E-state index is 0.0577. The first-order chi connectivity index (χ1) is 6.49. The fourth-order valence-corrected chi connectivity index (χ4v) is 1.43. The lowest BCUT2D eigenvalue weighted by atomic mass is 9.92. The molecular weight excluding hydrogens is 176 g/mol. The molecule has 3 heteroatoms. The third-order valence-electron chi connectivity index (χ3n) is 2.33. The lowest BCUT2D eigenvalue weighted by Crippen LogP contribution is -2.38. The van der Waals surface area contributed by atoms with E-state index in [2.05, 4.69) is 0 Å². The number of benzene rings is 1. The number of nitrogens with zero attached hydrogens (tertiary/aromatic N) is 1. The number of rotatable bonds is 3. The average Bonchev–Trinajstić information content (AvgIpc) is 2.18. The van der Waals surface area contributed by atoms with Crippen molar-refractivity contribution in [1.29, 1.82) is 0 Å². The summed E-state index contributed by atoms with van der Waals surface area (Å²) < 4.78 is 0. The Morgan fingerprint density at radius 3 is 2.43 bits per heavy atom. The summed E-state index contributed by atoms with van der Waals surface area (Å²) in [6.45, 7) is 1.77. The molecule has 0 heterocycles. The summed E-state index contributed by atoms with van der Waals surface area (Å²) in [4.78, 5) is 2.00. The van der Waals surface area contributed by atoms with Crippen molar-refractivity contribution in [2.75, 3.05) is 25.6 Å². The minimum atomic E-state index is -0.680. The van der Waals surface area contributed by atoms with E-state index < -0.39 is 5.54 Å². The first-order valence-corrected chi connectivity index (χ1v) is 4.65. The van der Waals surface area contributed by atoms with Crippen LogP contribution < -0.4 is 10.6 Å². The number of aliphatic hydroxyl groups is 1. The smallest absolute Gasteiger partial charge is 0.0651 e. The third kappa shape index (κ3) is 2.05. The highest BCUT2D eigenvalue weighted by molar-refractivity contribution is 5.55. The van der Waals surface area contributed by atoms with Crippen molar-refractivity contribution in [1.82, 2.24) is 0 Å². The van der Waals surface area contributed by atoms with Crippen LogP contribution in [-0.2, 0) is 5.54 Å². The van der Waals surface area contributed by atoms with Crippen molar-refractivity contribution in [3.8, 4) is 0 Å². The molecule has 1 unspecified atom stereocenters. The van der Waals surface area contributed by atoms with Crippen LogP contribution in [0.25, 0.3) is 0 Å². The molecule has 0 bridgehead atoms. The highest BCUT2D eigenvalue weighted by Crippen LogP contribution is 2.27. The molecule has 0 amide bonds. The number of aliphatic hydroxyl groups excluding tert-OH is 1. The van der Waals surface area contributed by atoms with Gasteiger partial charge >= 0.3 is 0 Å². The summed E-state index contributed by atoms with van der Waals surface area (Å²) in [7, 11) is 3.93. The zero-order valence-electron chi connectivity index (χ0n) is 8.99. The van der Waals surface area contributed by atoms with E-state index in [1.165, 1.54) is 0 Å². The van der Waals surface area contributed by atoms with E-state index >= 15 is 0 Å². The standard InChI is InChI=1S/C11H18N2O/c1-11(12,8-14)9-6-4-5-7-10(9)13(2)3/h4-7,14H,8,12H2,1-3H3. The molecule has 78 valence electrons. The van der Waals surface area contributed by atoms with E-state index in [0.717, 1.165) is 11.3 Å². The molecule has 1 aromatic rings. The van der Waals surface area contributed by atoms with Crippen LogP contribution in [0.4, 0.5) is 5.69 Å². The Morgan fingerprint density at radius 1 is 1.36 bits per heavy atom. The second-order valence-corrected chi connectivity index (χ2v) is 3.99. The van der Waals surface area contributed by atoms with Gasteiger partial charge in [0.1, 0.15) is 0 Å². The maximum atomic E-state index is 9.21. The van der Waals surface area contributed by atoms with Gasteiger partial charge in [-0.2, -0.15) is 0 Å². The van der Waals surface area contributed by atoms with Gasteiger partial charge in [-0.25, -0.2) is 0 Å². The second-order valence-electron chi connectivity index (χ2n) is 3.99. The normalized spacial score (nSPS) is 14.9. The zero-order chi connectivity index (χ0) is 10.8. The van der Waals surface area contributed by atoms with Gasteiger partial charge in [-0.1, -0.05) is 18.2 Å². The van der Waals surface area contributed by atoms with Gasteiger partial charge in [-0.05, 0) is 18.6 Å². The van der Waals surface area contributed by atoms with E-state index in [9.17, 15) is 5.11 Å². The Labute approximate surface area is 85.2 Å². The summed E-state index contributed by atoms with van der Waals surface area (Å²) in [5, 5.41) is 9.21. The van der Waals surface area contributed by atoms with Crippen LogP contribution in [0.5, 0.6) is 0 Å². The van der Waals surface area contributed by atoms with Crippen molar-refractivity contribution in [3.63, 3.8) is 0 Å². The number of anilines is 1. The first kappa shape index (κ1) is 11.0. The van der Waals surface area contributed by atoms with E-state index in [0.29, 0.717) is 0 Å². The molecular formula is C11H18N2O. The molecule has 0 fully saturated rings. The van der Waals surface area contributed by atoms with Crippen molar-refractivity contribution >= 4 is 5.69 Å². The van der Waals surface area contributed by atoms with E-state index in [1.807, 2.05) is 50.2 Å². The lowest BCUT2D eigenvalue weighted by molar-refractivity contribution is 0.210. The molecule has 0 aromatic heterocycles. The average molecular weight is 194 g/mol. The molecule has 0 radical (unpaired) electrons. The second kappa shape index (κ2) is 3.98. The molecule has 1 rings (SSSR count). The largest absolute Gasteiger partial charge is 0.394 e.